The van der Waals surface area contributed by atoms with Gasteiger partial charge in [-0.05, 0) is 103 Å². The molecule has 1 aliphatic carbocycles. The second kappa shape index (κ2) is 11.9. The number of aryl methyl sites for hydroxylation is 2. The molecule has 1 fully saturated rings. The molecule has 0 heterocycles. The minimum Gasteiger partial charge on any atom is -0.444 e. The maximum atomic E-state index is 14.2. The molecule has 7 nitrogen and oxygen atoms in total. The first-order valence-corrected chi connectivity index (χ1v) is 14.1. The minimum absolute atomic E-state index is 0.0768. The highest BCUT2D eigenvalue weighted by atomic mass is 32.2. The van der Waals surface area contributed by atoms with Crippen LogP contribution in [0.25, 0.3) is 0 Å². The lowest BCUT2D eigenvalue weighted by Crippen LogP contribution is -2.55. The molecule has 0 saturated heterocycles. The molecule has 2 N–H and O–H groups in total. The van der Waals surface area contributed by atoms with Gasteiger partial charge in [-0.3, -0.25) is 9.59 Å². The van der Waals surface area contributed by atoms with Gasteiger partial charge in [-0.1, -0.05) is 25.1 Å². The Bertz CT molecular complexity index is 951. The van der Waals surface area contributed by atoms with E-state index in [4.69, 9.17) is 4.74 Å². The van der Waals surface area contributed by atoms with Crippen LogP contribution in [0.15, 0.2) is 18.2 Å². The quantitative estimate of drug-likeness (QED) is 0.472. The van der Waals surface area contributed by atoms with E-state index in [2.05, 4.69) is 17.6 Å². The molecule has 2 rings (SSSR count). The van der Waals surface area contributed by atoms with E-state index in [-0.39, 0.29) is 23.8 Å². The molecule has 202 valence electrons. The van der Waals surface area contributed by atoms with Crippen molar-refractivity contribution in [2.24, 2.45) is 5.92 Å². The number of benzene rings is 1. The van der Waals surface area contributed by atoms with E-state index in [0.29, 0.717) is 12.2 Å². The summed E-state index contributed by atoms with van der Waals surface area (Å²) in [6, 6.07) is 4.24. The number of nitrogens with one attached hydrogen (secondary N) is 2. The topological polar surface area (TPSA) is 87.7 Å². The van der Waals surface area contributed by atoms with E-state index < -0.39 is 29.3 Å². The molecule has 4 atom stereocenters. The Labute approximate surface area is 221 Å². The van der Waals surface area contributed by atoms with Gasteiger partial charge in [0.1, 0.15) is 17.7 Å². The number of carbonyl (C=O) groups excluding carboxylic acids is 3. The molecule has 0 aliphatic heterocycles. The van der Waals surface area contributed by atoms with Crippen molar-refractivity contribution in [2.45, 2.75) is 104 Å². The summed E-state index contributed by atoms with van der Waals surface area (Å²) in [5.74, 6) is 0.478. The van der Waals surface area contributed by atoms with E-state index in [1.807, 2.05) is 59.1 Å². The van der Waals surface area contributed by atoms with Gasteiger partial charge in [-0.2, -0.15) is 11.8 Å². The third kappa shape index (κ3) is 8.71. The number of nitrogens with zero attached hydrogens (tertiary/aromatic N) is 1. The van der Waals surface area contributed by atoms with Crippen LogP contribution in [-0.2, 0) is 14.3 Å². The van der Waals surface area contributed by atoms with Crippen LogP contribution in [0.4, 0.5) is 4.79 Å². The number of thioether (sulfide) groups is 1. The average Bonchev–Trinajstić information content (AvgIpc) is 3.44. The molecule has 0 radical (unpaired) electrons. The van der Waals surface area contributed by atoms with Crippen molar-refractivity contribution < 1.29 is 19.1 Å². The van der Waals surface area contributed by atoms with Crippen molar-refractivity contribution in [3.63, 3.8) is 0 Å². The number of alkyl carbamates (subject to hydrolysis) is 1. The number of ether oxygens (including phenoxy) is 1. The van der Waals surface area contributed by atoms with E-state index in [0.717, 1.165) is 23.1 Å². The third-order valence-corrected chi connectivity index (χ3v) is 6.79. The van der Waals surface area contributed by atoms with Crippen molar-refractivity contribution in [3.8, 4) is 0 Å². The Morgan fingerprint density at radius 1 is 1.11 bits per heavy atom. The molecule has 1 saturated carbocycles. The predicted octanol–water partition coefficient (Wildman–Crippen LogP) is 5.14. The lowest BCUT2D eigenvalue weighted by atomic mass is 9.96. The summed E-state index contributed by atoms with van der Waals surface area (Å²) in [5.41, 5.74) is 1.80. The van der Waals surface area contributed by atoms with Crippen LogP contribution >= 0.6 is 11.8 Å². The highest BCUT2D eigenvalue weighted by molar-refractivity contribution is 7.98. The summed E-state index contributed by atoms with van der Waals surface area (Å²) in [7, 11) is 0. The van der Waals surface area contributed by atoms with Crippen LogP contribution in [0, 0.1) is 19.8 Å². The molecule has 1 aromatic carbocycles. The number of carbonyl (C=O) groups is 3. The summed E-state index contributed by atoms with van der Waals surface area (Å²) < 4.78 is 5.46. The maximum Gasteiger partial charge on any atom is 0.408 e. The average molecular weight is 520 g/mol. The molecule has 0 spiro atoms. The maximum absolute atomic E-state index is 14.2. The second-order valence-electron chi connectivity index (χ2n) is 12.0. The molecular formula is C28H45N3O4S. The van der Waals surface area contributed by atoms with Crippen molar-refractivity contribution >= 4 is 29.7 Å². The number of hydrogen-bond acceptors (Lipinski definition) is 5. The molecule has 1 aliphatic rings. The fourth-order valence-electron chi connectivity index (χ4n) is 4.11. The SMILES string of the molecule is CSCCC(NC(=O)OC(C)(C)C)C(=O)N(C(C(=O)NC(C)(C)C)c1ccc(C)c(C)c1)C1CC1C. The molecule has 36 heavy (non-hydrogen) atoms. The van der Waals surface area contributed by atoms with Crippen molar-refractivity contribution in [2.75, 3.05) is 12.0 Å². The van der Waals surface area contributed by atoms with Gasteiger partial charge >= 0.3 is 6.09 Å². The van der Waals surface area contributed by atoms with Crippen molar-refractivity contribution in [1.29, 1.82) is 0 Å². The van der Waals surface area contributed by atoms with Gasteiger partial charge in [0.05, 0.1) is 0 Å². The van der Waals surface area contributed by atoms with Gasteiger partial charge in [0, 0.05) is 11.6 Å². The zero-order valence-corrected chi connectivity index (χ0v) is 24.5. The Morgan fingerprint density at radius 3 is 2.19 bits per heavy atom. The standard InChI is InChI=1S/C28H45N3O4S/c1-17-11-12-20(15-18(17)2)23(24(32)30-27(4,5)6)31(22-16-19(22)3)25(33)21(13-14-36-10)29-26(34)35-28(7,8)9/h11-12,15,19,21-23H,13-14,16H2,1-10H3,(H,29,34)(H,30,32). The molecule has 3 amide bonds. The lowest BCUT2D eigenvalue weighted by Gasteiger charge is -2.36. The van der Waals surface area contributed by atoms with Gasteiger partial charge in [-0.25, -0.2) is 4.79 Å². The summed E-state index contributed by atoms with van der Waals surface area (Å²) in [6.07, 6.45) is 2.59. The third-order valence-electron chi connectivity index (χ3n) is 6.15. The highest BCUT2D eigenvalue weighted by Crippen LogP contribution is 2.41. The molecule has 8 heteroatoms. The first-order valence-electron chi connectivity index (χ1n) is 12.7. The van der Waals surface area contributed by atoms with Gasteiger partial charge < -0.3 is 20.3 Å². The highest BCUT2D eigenvalue weighted by Gasteiger charge is 2.48. The van der Waals surface area contributed by atoms with E-state index >= 15 is 0 Å². The van der Waals surface area contributed by atoms with Crippen LogP contribution in [0.1, 0.15) is 84.0 Å². The van der Waals surface area contributed by atoms with Gasteiger partial charge in [0.25, 0.3) is 0 Å². The smallest absolute Gasteiger partial charge is 0.408 e. The summed E-state index contributed by atoms with van der Waals surface area (Å²) in [6.45, 7) is 17.3. The van der Waals surface area contributed by atoms with Crippen molar-refractivity contribution in [3.05, 3.63) is 34.9 Å². The van der Waals surface area contributed by atoms with E-state index in [9.17, 15) is 14.4 Å². The van der Waals surface area contributed by atoms with Crippen LogP contribution in [-0.4, -0.2) is 58.0 Å². The fraction of sp³-hybridized carbons (Fsp3) is 0.679. The van der Waals surface area contributed by atoms with Crippen LogP contribution in [0.2, 0.25) is 0 Å². The van der Waals surface area contributed by atoms with Gasteiger partial charge in [0.15, 0.2) is 0 Å². The lowest BCUT2D eigenvalue weighted by molar-refractivity contribution is -0.144. The molecule has 0 aromatic heterocycles. The van der Waals surface area contributed by atoms with Crippen LogP contribution in [0.5, 0.6) is 0 Å². The summed E-state index contributed by atoms with van der Waals surface area (Å²) >= 11 is 1.60. The molecule has 4 unspecified atom stereocenters. The Balaban J connectivity index is 2.52. The monoisotopic (exact) mass is 519 g/mol. The Morgan fingerprint density at radius 2 is 1.72 bits per heavy atom. The summed E-state index contributed by atoms with van der Waals surface area (Å²) in [5, 5.41) is 5.89. The zero-order chi connectivity index (χ0) is 27.4. The fourth-order valence-corrected chi connectivity index (χ4v) is 4.58. The first kappa shape index (κ1) is 30.0. The zero-order valence-electron chi connectivity index (χ0n) is 23.7. The van der Waals surface area contributed by atoms with Crippen molar-refractivity contribution in [1.82, 2.24) is 15.5 Å². The number of rotatable bonds is 9. The summed E-state index contributed by atoms with van der Waals surface area (Å²) in [4.78, 5) is 42.3. The Hall–Kier alpha value is -2.22. The van der Waals surface area contributed by atoms with E-state index in [1.165, 1.54) is 0 Å². The molecule has 0 bridgehead atoms. The van der Waals surface area contributed by atoms with Crippen LogP contribution < -0.4 is 10.6 Å². The van der Waals surface area contributed by atoms with E-state index in [1.54, 1.807) is 37.4 Å². The number of hydrogen-bond donors (Lipinski definition) is 2. The van der Waals surface area contributed by atoms with Gasteiger partial charge in [-0.15, -0.1) is 0 Å². The first-order chi connectivity index (χ1) is 16.5. The largest absolute Gasteiger partial charge is 0.444 e. The normalized spacial score (nSPS) is 19.2. The predicted molar refractivity (Wildman–Crippen MR) is 147 cm³/mol. The molecular weight excluding hydrogens is 474 g/mol. The minimum atomic E-state index is -0.803. The van der Waals surface area contributed by atoms with Gasteiger partial charge in [0.2, 0.25) is 11.8 Å². The second-order valence-corrected chi connectivity index (χ2v) is 13.0. The molecule has 1 aromatic rings. The Kier molecular flexibility index (Phi) is 9.91. The van der Waals surface area contributed by atoms with Crippen LogP contribution in [0.3, 0.4) is 0 Å². The number of amides is 3.